The Morgan fingerprint density at radius 3 is 1.73 bits per heavy atom. The van der Waals surface area contributed by atoms with Crippen molar-refractivity contribution >= 4 is 11.9 Å². The van der Waals surface area contributed by atoms with Crippen molar-refractivity contribution in [2.45, 2.75) is 58.5 Å². The molecule has 0 aliphatic rings. The molecule has 0 aliphatic carbocycles. The highest BCUT2D eigenvalue weighted by atomic mass is 35.5. The van der Waals surface area contributed by atoms with E-state index in [1.54, 1.807) is 0 Å². The Kier molecular flexibility index (Phi) is 5.98. The lowest BCUT2D eigenvalue weighted by Gasteiger charge is -2.28. The van der Waals surface area contributed by atoms with Gasteiger partial charge >= 0.3 is 0 Å². The van der Waals surface area contributed by atoms with Gasteiger partial charge in [-0.25, -0.2) is 0 Å². The van der Waals surface area contributed by atoms with E-state index < -0.39 is 0 Å². The van der Waals surface area contributed by atoms with Crippen LogP contribution in [-0.2, 0) is 4.29 Å². The zero-order valence-electron chi connectivity index (χ0n) is 7.82. The van der Waals surface area contributed by atoms with Crippen LogP contribution in [0.15, 0.2) is 0 Å². The van der Waals surface area contributed by atoms with Crippen LogP contribution in [0.5, 0.6) is 0 Å². The second-order valence-electron chi connectivity index (χ2n) is 3.11. The maximum absolute atomic E-state index is 5.48. The Hall–Kier alpha value is 0.250. The summed E-state index contributed by atoms with van der Waals surface area (Å²) in [5, 5.41) is 0. The predicted octanol–water partition coefficient (Wildman–Crippen LogP) is 3.91. The fourth-order valence-corrected chi connectivity index (χ4v) is 1.78. The predicted molar refractivity (Wildman–Crippen MR) is 49.8 cm³/mol. The van der Waals surface area contributed by atoms with Gasteiger partial charge in [-0.3, -0.25) is 4.29 Å². The summed E-state index contributed by atoms with van der Waals surface area (Å²) < 4.78 is 5.04. The fraction of sp³-hybridized carbons (Fsp3) is 1.00. The Bertz CT molecular complexity index is 81.6. The fourth-order valence-electron chi connectivity index (χ4n) is 1.52. The minimum Gasteiger partial charge on any atom is -0.273 e. The second kappa shape index (κ2) is 5.84. The Labute approximate surface area is 75.2 Å². The first-order valence-corrected chi connectivity index (χ1v) is 4.85. The zero-order chi connectivity index (χ0) is 8.74. The molecule has 0 rings (SSSR count). The first kappa shape index (κ1) is 11.2. The van der Waals surface area contributed by atoms with Crippen molar-refractivity contribution in [2.75, 3.05) is 0 Å². The maximum Gasteiger partial charge on any atom is 0.0894 e. The Morgan fingerprint density at radius 2 is 1.55 bits per heavy atom. The average molecular weight is 179 g/mol. The van der Waals surface area contributed by atoms with Gasteiger partial charge in [-0.05, 0) is 19.3 Å². The molecule has 0 N–H and O–H groups in total. The molecule has 0 fully saturated rings. The van der Waals surface area contributed by atoms with Gasteiger partial charge in [0, 0.05) is 0 Å². The maximum atomic E-state index is 5.48. The van der Waals surface area contributed by atoms with E-state index in [9.17, 15) is 0 Å². The summed E-state index contributed by atoms with van der Waals surface area (Å²) in [4.78, 5) is 0. The highest BCUT2D eigenvalue weighted by Crippen LogP contribution is 2.28. The first-order valence-electron chi connectivity index (χ1n) is 4.54. The Morgan fingerprint density at radius 1 is 1.09 bits per heavy atom. The smallest absolute Gasteiger partial charge is 0.0894 e. The second-order valence-corrected chi connectivity index (χ2v) is 3.27. The van der Waals surface area contributed by atoms with Crippen molar-refractivity contribution in [3.05, 3.63) is 0 Å². The monoisotopic (exact) mass is 178 g/mol. The molecular formula is C9H19ClO. The molecule has 0 amide bonds. The van der Waals surface area contributed by atoms with Crippen molar-refractivity contribution in [3.8, 4) is 0 Å². The Balaban J connectivity index is 3.96. The van der Waals surface area contributed by atoms with Crippen LogP contribution in [-0.4, -0.2) is 5.60 Å². The van der Waals surface area contributed by atoms with Gasteiger partial charge in [-0.1, -0.05) is 33.6 Å². The summed E-state index contributed by atoms with van der Waals surface area (Å²) in [6.45, 7) is 6.46. The van der Waals surface area contributed by atoms with Gasteiger partial charge < -0.3 is 0 Å². The molecule has 2 heteroatoms. The van der Waals surface area contributed by atoms with Crippen LogP contribution in [0.2, 0.25) is 0 Å². The van der Waals surface area contributed by atoms with Gasteiger partial charge in [0.25, 0.3) is 0 Å². The normalized spacial score (nSPS) is 12.0. The molecule has 0 aromatic rings. The topological polar surface area (TPSA) is 9.23 Å². The van der Waals surface area contributed by atoms with Crippen LogP contribution >= 0.6 is 11.9 Å². The standard InChI is InChI=1S/C9H19ClO/c1-4-7-9(6-3,11-10)8-5-2/h4-8H2,1-3H3. The van der Waals surface area contributed by atoms with E-state index in [4.69, 9.17) is 16.2 Å². The quantitative estimate of drug-likeness (QED) is 0.600. The van der Waals surface area contributed by atoms with Crippen molar-refractivity contribution in [1.29, 1.82) is 0 Å². The van der Waals surface area contributed by atoms with Crippen LogP contribution < -0.4 is 0 Å². The van der Waals surface area contributed by atoms with Gasteiger partial charge in [0.1, 0.15) is 0 Å². The summed E-state index contributed by atoms with van der Waals surface area (Å²) in [5.74, 6) is 0. The third-order valence-corrected chi connectivity index (χ3v) is 2.55. The lowest BCUT2D eigenvalue weighted by atomic mass is 9.90. The summed E-state index contributed by atoms with van der Waals surface area (Å²) in [6, 6.07) is 0. The minimum absolute atomic E-state index is 0.0505. The van der Waals surface area contributed by atoms with Gasteiger partial charge in [0.15, 0.2) is 0 Å². The molecule has 1 nitrogen and oxygen atoms in total. The molecule has 11 heavy (non-hydrogen) atoms. The van der Waals surface area contributed by atoms with E-state index in [2.05, 4.69) is 20.8 Å². The van der Waals surface area contributed by atoms with E-state index in [1.807, 2.05) is 0 Å². The lowest BCUT2D eigenvalue weighted by molar-refractivity contribution is 0.0556. The molecule has 0 bridgehead atoms. The van der Waals surface area contributed by atoms with Crippen LogP contribution in [0, 0.1) is 0 Å². The molecule has 0 saturated carbocycles. The zero-order valence-corrected chi connectivity index (χ0v) is 8.58. The molecule has 0 unspecified atom stereocenters. The van der Waals surface area contributed by atoms with Crippen LogP contribution in [0.3, 0.4) is 0 Å². The third kappa shape index (κ3) is 3.44. The molecule has 0 aromatic heterocycles. The van der Waals surface area contributed by atoms with Crippen LogP contribution in [0.1, 0.15) is 52.9 Å². The largest absolute Gasteiger partial charge is 0.273 e. The number of hydrogen-bond acceptors (Lipinski definition) is 1. The van der Waals surface area contributed by atoms with Crippen molar-refractivity contribution in [3.63, 3.8) is 0 Å². The highest BCUT2D eigenvalue weighted by molar-refractivity contribution is 6.07. The molecule has 0 aliphatic heterocycles. The van der Waals surface area contributed by atoms with E-state index in [-0.39, 0.29) is 5.60 Å². The first-order chi connectivity index (χ1) is 5.24. The van der Waals surface area contributed by atoms with Crippen molar-refractivity contribution in [1.82, 2.24) is 0 Å². The summed E-state index contributed by atoms with van der Waals surface area (Å²) in [7, 11) is 0. The van der Waals surface area contributed by atoms with E-state index in [0.717, 1.165) is 32.1 Å². The summed E-state index contributed by atoms with van der Waals surface area (Å²) >= 11 is 5.48. The molecular weight excluding hydrogens is 160 g/mol. The molecule has 0 heterocycles. The van der Waals surface area contributed by atoms with Gasteiger partial charge in [0.05, 0.1) is 17.5 Å². The summed E-state index contributed by atoms with van der Waals surface area (Å²) in [6.07, 6.45) is 5.43. The van der Waals surface area contributed by atoms with Crippen molar-refractivity contribution in [2.24, 2.45) is 0 Å². The van der Waals surface area contributed by atoms with E-state index >= 15 is 0 Å². The lowest BCUT2D eigenvalue weighted by Crippen LogP contribution is -2.28. The number of halogens is 1. The molecule has 0 radical (unpaired) electrons. The number of rotatable bonds is 6. The van der Waals surface area contributed by atoms with Gasteiger partial charge in [-0.15, -0.1) is 0 Å². The third-order valence-electron chi connectivity index (χ3n) is 2.22. The van der Waals surface area contributed by atoms with Crippen LogP contribution in [0.25, 0.3) is 0 Å². The molecule has 0 aromatic carbocycles. The molecule has 0 saturated heterocycles. The molecule has 68 valence electrons. The van der Waals surface area contributed by atoms with Gasteiger partial charge in [-0.2, -0.15) is 0 Å². The highest BCUT2D eigenvalue weighted by Gasteiger charge is 2.26. The minimum atomic E-state index is -0.0505. The van der Waals surface area contributed by atoms with Crippen LogP contribution in [0.4, 0.5) is 0 Å². The van der Waals surface area contributed by atoms with Crippen molar-refractivity contribution < 1.29 is 4.29 Å². The van der Waals surface area contributed by atoms with Gasteiger partial charge in [0.2, 0.25) is 0 Å². The summed E-state index contributed by atoms with van der Waals surface area (Å²) in [5.41, 5.74) is -0.0505. The SMILES string of the molecule is CCCC(CC)(CCC)OCl. The average Bonchev–Trinajstić information content (AvgIpc) is 2.04. The molecule has 0 atom stereocenters. The number of hydrogen-bond donors (Lipinski definition) is 0. The molecule has 0 spiro atoms. The van der Waals surface area contributed by atoms with E-state index in [0.29, 0.717) is 0 Å². The van der Waals surface area contributed by atoms with E-state index in [1.165, 1.54) is 0 Å².